The monoisotopic (exact) mass is 225 g/mol. The van der Waals surface area contributed by atoms with Crippen LogP contribution < -0.4 is 10.6 Å². The van der Waals surface area contributed by atoms with Crippen molar-refractivity contribution in [2.75, 3.05) is 18.5 Å². The van der Waals surface area contributed by atoms with Crippen molar-refractivity contribution in [1.82, 2.24) is 4.98 Å². The molecule has 1 fully saturated rings. The zero-order valence-corrected chi connectivity index (χ0v) is 10.1. The summed E-state index contributed by atoms with van der Waals surface area (Å²) in [6.45, 7) is 1.73. The molecule has 0 amide bonds. The second kappa shape index (κ2) is 4.94. The molecule has 4 heteroatoms. The van der Waals surface area contributed by atoms with Crippen molar-refractivity contribution < 1.29 is 0 Å². The van der Waals surface area contributed by atoms with E-state index in [-0.39, 0.29) is 0 Å². The molecule has 84 valence electrons. The Kier molecular flexibility index (Phi) is 3.59. The Hall–Kier alpha value is -0.610. The second-order valence-electron chi connectivity index (χ2n) is 4.32. The van der Waals surface area contributed by atoms with Gasteiger partial charge in [0.1, 0.15) is 0 Å². The SMILES string of the molecule is CN(CCC1CCC1)c1ncc(CN)s1. The third kappa shape index (κ3) is 2.69. The number of aromatic nitrogens is 1. The van der Waals surface area contributed by atoms with Gasteiger partial charge in [-0.2, -0.15) is 0 Å². The normalized spacial score (nSPS) is 16.4. The number of hydrogen-bond acceptors (Lipinski definition) is 4. The van der Waals surface area contributed by atoms with Crippen LogP contribution in [0.5, 0.6) is 0 Å². The number of nitrogens with two attached hydrogens (primary N) is 1. The molecule has 1 aliphatic carbocycles. The number of nitrogens with zero attached hydrogens (tertiary/aromatic N) is 2. The van der Waals surface area contributed by atoms with E-state index >= 15 is 0 Å². The van der Waals surface area contributed by atoms with Gasteiger partial charge in [-0.1, -0.05) is 19.3 Å². The lowest BCUT2D eigenvalue weighted by Gasteiger charge is -2.27. The summed E-state index contributed by atoms with van der Waals surface area (Å²) in [5, 5.41) is 1.11. The zero-order chi connectivity index (χ0) is 10.7. The minimum absolute atomic E-state index is 0.605. The highest BCUT2D eigenvalue weighted by Gasteiger charge is 2.18. The molecule has 15 heavy (non-hydrogen) atoms. The van der Waals surface area contributed by atoms with Crippen molar-refractivity contribution in [3.63, 3.8) is 0 Å². The summed E-state index contributed by atoms with van der Waals surface area (Å²) < 4.78 is 0. The van der Waals surface area contributed by atoms with Gasteiger partial charge < -0.3 is 10.6 Å². The zero-order valence-electron chi connectivity index (χ0n) is 9.28. The molecule has 0 saturated heterocycles. The van der Waals surface area contributed by atoms with Crippen molar-refractivity contribution >= 4 is 16.5 Å². The molecule has 1 aromatic heterocycles. The fourth-order valence-electron chi connectivity index (χ4n) is 1.82. The van der Waals surface area contributed by atoms with E-state index in [1.54, 1.807) is 11.3 Å². The van der Waals surface area contributed by atoms with E-state index in [9.17, 15) is 0 Å². The molecule has 0 atom stereocenters. The molecule has 3 nitrogen and oxygen atoms in total. The largest absolute Gasteiger partial charge is 0.351 e. The van der Waals surface area contributed by atoms with E-state index in [1.807, 2.05) is 6.20 Å². The Morgan fingerprint density at radius 2 is 2.40 bits per heavy atom. The summed E-state index contributed by atoms with van der Waals surface area (Å²) in [5.74, 6) is 0.974. The molecule has 2 N–H and O–H groups in total. The Balaban J connectivity index is 1.80. The summed E-state index contributed by atoms with van der Waals surface area (Å²) in [4.78, 5) is 7.79. The fourth-order valence-corrected chi connectivity index (χ4v) is 2.60. The topological polar surface area (TPSA) is 42.2 Å². The van der Waals surface area contributed by atoms with E-state index in [2.05, 4.69) is 16.9 Å². The summed E-state index contributed by atoms with van der Waals surface area (Å²) >= 11 is 1.71. The molecule has 1 aliphatic rings. The highest BCUT2D eigenvalue weighted by molar-refractivity contribution is 7.15. The number of thiazole rings is 1. The van der Waals surface area contributed by atoms with Crippen LogP contribution in [0.4, 0.5) is 5.13 Å². The van der Waals surface area contributed by atoms with Crippen LogP contribution in [0, 0.1) is 5.92 Å². The molecular weight excluding hydrogens is 206 g/mol. The molecule has 0 aliphatic heterocycles. The molecule has 0 aromatic carbocycles. The minimum Gasteiger partial charge on any atom is -0.351 e. The van der Waals surface area contributed by atoms with Gasteiger partial charge >= 0.3 is 0 Å². The number of rotatable bonds is 5. The number of hydrogen-bond donors (Lipinski definition) is 1. The lowest BCUT2D eigenvalue weighted by Crippen LogP contribution is -2.23. The van der Waals surface area contributed by atoms with Crippen LogP contribution in [-0.4, -0.2) is 18.6 Å². The first-order valence-corrected chi connectivity index (χ1v) is 6.47. The molecule has 0 radical (unpaired) electrons. The average Bonchev–Trinajstić information content (AvgIpc) is 2.63. The Morgan fingerprint density at radius 1 is 1.60 bits per heavy atom. The van der Waals surface area contributed by atoms with Crippen molar-refractivity contribution in [1.29, 1.82) is 0 Å². The summed E-state index contributed by atoms with van der Waals surface area (Å²) in [7, 11) is 2.12. The van der Waals surface area contributed by atoms with E-state index in [0.29, 0.717) is 6.54 Å². The van der Waals surface area contributed by atoms with Crippen LogP contribution in [0.15, 0.2) is 6.20 Å². The van der Waals surface area contributed by atoms with Gasteiger partial charge in [0, 0.05) is 31.2 Å². The van der Waals surface area contributed by atoms with Crippen molar-refractivity contribution in [3.05, 3.63) is 11.1 Å². The Labute approximate surface area is 95.3 Å². The predicted molar refractivity (Wildman–Crippen MR) is 65.2 cm³/mol. The van der Waals surface area contributed by atoms with Crippen molar-refractivity contribution in [3.8, 4) is 0 Å². The van der Waals surface area contributed by atoms with Gasteiger partial charge in [-0.25, -0.2) is 4.98 Å². The van der Waals surface area contributed by atoms with E-state index in [0.717, 1.165) is 17.6 Å². The van der Waals surface area contributed by atoms with Gasteiger partial charge in [-0.3, -0.25) is 0 Å². The Bertz CT molecular complexity index is 307. The van der Waals surface area contributed by atoms with Gasteiger partial charge in [-0.05, 0) is 12.3 Å². The van der Waals surface area contributed by atoms with Gasteiger partial charge in [-0.15, -0.1) is 11.3 Å². The predicted octanol–water partition coefficient (Wildman–Crippen LogP) is 2.23. The minimum atomic E-state index is 0.605. The van der Waals surface area contributed by atoms with Crippen molar-refractivity contribution in [2.24, 2.45) is 11.7 Å². The Morgan fingerprint density at radius 3 is 2.93 bits per heavy atom. The van der Waals surface area contributed by atoms with Crippen molar-refractivity contribution in [2.45, 2.75) is 32.2 Å². The first kappa shape index (κ1) is 10.9. The van der Waals surface area contributed by atoms with Gasteiger partial charge in [0.2, 0.25) is 0 Å². The molecule has 0 unspecified atom stereocenters. The van der Waals surface area contributed by atoms with E-state index in [1.165, 1.54) is 30.6 Å². The lowest BCUT2D eigenvalue weighted by molar-refractivity contribution is 0.299. The highest BCUT2D eigenvalue weighted by atomic mass is 32.1. The summed E-state index contributed by atoms with van der Waals surface area (Å²) in [5.41, 5.74) is 5.57. The molecule has 0 spiro atoms. The van der Waals surface area contributed by atoms with Crippen LogP contribution in [0.25, 0.3) is 0 Å². The maximum absolute atomic E-state index is 5.57. The van der Waals surface area contributed by atoms with Gasteiger partial charge in [0.15, 0.2) is 5.13 Å². The van der Waals surface area contributed by atoms with E-state index in [4.69, 9.17) is 5.73 Å². The maximum Gasteiger partial charge on any atom is 0.185 e. The fraction of sp³-hybridized carbons (Fsp3) is 0.727. The first-order chi connectivity index (χ1) is 7.29. The number of anilines is 1. The van der Waals surface area contributed by atoms with Crippen LogP contribution in [0.2, 0.25) is 0 Å². The van der Waals surface area contributed by atoms with Crippen LogP contribution in [-0.2, 0) is 6.54 Å². The maximum atomic E-state index is 5.57. The highest BCUT2D eigenvalue weighted by Crippen LogP contribution is 2.30. The third-order valence-corrected chi connectivity index (χ3v) is 4.30. The van der Waals surface area contributed by atoms with Crippen LogP contribution in [0.1, 0.15) is 30.6 Å². The summed E-state index contributed by atoms with van der Waals surface area (Å²) in [6, 6.07) is 0. The summed E-state index contributed by atoms with van der Waals surface area (Å²) in [6.07, 6.45) is 7.50. The standard InChI is InChI=1S/C11H19N3S/c1-14(6-5-9-3-2-4-9)11-13-8-10(7-12)15-11/h8-9H,2-7,12H2,1H3. The van der Waals surface area contributed by atoms with Gasteiger partial charge in [0.05, 0.1) is 0 Å². The third-order valence-electron chi connectivity index (χ3n) is 3.17. The molecule has 1 aromatic rings. The lowest BCUT2D eigenvalue weighted by atomic mass is 9.83. The molecule has 1 saturated carbocycles. The average molecular weight is 225 g/mol. The van der Waals surface area contributed by atoms with Crippen LogP contribution >= 0.6 is 11.3 Å². The smallest absolute Gasteiger partial charge is 0.185 e. The van der Waals surface area contributed by atoms with E-state index < -0.39 is 0 Å². The molecule has 2 rings (SSSR count). The molecule has 0 bridgehead atoms. The van der Waals surface area contributed by atoms with Crippen LogP contribution in [0.3, 0.4) is 0 Å². The molecule has 1 heterocycles. The van der Waals surface area contributed by atoms with Gasteiger partial charge in [0.25, 0.3) is 0 Å². The quantitative estimate of drug-likeness (QED) is 0.835. The first-order valence-electron chi connectivity index (χ1n) is 5.65. The second-order valence-corrected chi connectivity index (χ2v) is 5.41. The molecular formula is C11H19N3S.